The zero-order chi connectivity index (χ0) is 17.5. The first-order valence-electron chi connectivity index (χ1n) is 8.81. The number of carbonyl (C=O) groups is 2. The molecule has 0 aliphatic heterocycles. The summed E-state index contributed by atoms with van der Waals surface area (Å²) in [6.07, 6.45) is 5.65. The molecule has 0 bridgehead atoms. The standard InChI is InChI=1S/C19H32O4/c1-13(20)23-19(5)11-8-14-17(2,3)9-7-10-18(14,4)15(19)12-16(21)22-6/h14-15H,7-12H2,1-6H3/t14-,15+,18-,19+/m0/s1. The first kappa shape index (κ1) is 18.3. The molecule has 0 N–H and O–H groups in total. The predicted octanol–water partition coefficient (Wildman–Crippen LogP) is 4.11. The summed E-state index contributed by atoms with van der Waals surface area (Å²) in [5.41, 5.74) is -0.323. The van der Waals surface area contributed by atoms with Gasteiger partial charge in [-0.25, -0.2) is 0 Å². The minimum absolute atomic E-state index is 0.00160. The van der Waals surface area contributed by atoms with E-state index in [2.05, 4.69) is 20.8 Å². The smallest absolute Gasteiger partial charge is 0.305 e. The van der Waals surface area contributed by atoms with Gasteiger partial charge in [-0.05, 0) is 49.4 Å². The Hall–Kier alpha value is -1.06. The summed E-state index contributed by atoms with van der Waals surface area (Å²) < 4.78 is 10.7. The molecule has 0 saturated heterocycles. The van der Waals surface area contributed by atoms with Crippen LogP contribution in [0.1, 0.15) is 73.1 Å². The van der Waals surface area contributed by atoms with Crippen molar-refractivity contribution in [3.63, 3.8) is 0 Å². The van der Waals surface area contributed by atoms with Gasteiger partial charge in [-0.3, -0.25) is 9.59 Å². The van der Waals surface area contributed by atoms with Gasteiger partial charge in [0.05, 0.1) is 13.5 Å². The van der Waals surface area contributed by atoms with Gasteiger partial charge in [0, 0.05) is 12.8 Å². The van der Waals surface area contributed by atoms with E-state index in [0.29, 0.717) is 12.3 Å². The van der Waals surface area contributed by atoms with Gasteiger partial charge >= 0.3 is 11.9 Å². The Bertz CT molecular complexity index is 484. The first-order valence-corrected chi connectivity index (χ1v) is 8.81. The first-order chi connectivity index (χ1) is 10.5. The van der Waals surface area contributed by atoms with Crippen molar-refractivity contribution in [2.75, 3.05) is 7.11 Å². The fourth-order valence-electron chi connectivity index (χ4n) is 5.76. The molecule has 0 radical (unpaired) electrons. The molecule has 4 nitrogen and oxygen atoms in total. The summed E-state index contributed by atoms with van der Waals surface area (Å²) in [6, 6.07) is 0. The van der Waals surface area contributed by atoms with Crippen molar-refractivity contribution < 1.29 is 19.1 Å². The lowest BCUT2D eigenvalue weighted by Gasteiger charge is -2.61. The highest BCUT2D eigenvalue weighted by Crippen LogP contribution is 2.63. The van der Waals surface area contributed by atoms with Gasteiger partial charge in [0.25, 0.3) is 0 Å². The Kier molecular flexibility index (Phi) is 4.85. The van der Waals surface area contributed by atoms with E-state index in [1.807, 2.05) is 6.92 Å². The molecule has 2 aliphatic carbocycles. The molecule has 0 amide bonds. The van der Waals surface area contributed by atoms with E-state index in [1.54, 1.807) is 0 Å². The predicted molar refractivity (Wildman–Crippen MR) is 88.8 cm³/mol. The highest BCUT2D eigenvalue weighted by atomic mass is 16.6. The molecule has 0 aromatic rings. The monoisotopic (exact) mass is 324 g/mol. The molecule has 23 heavy (non-hydrogen) atoms. The van der Waals surface area contributed by atoms with Crippen LogP contribution >= 0.6 is 0 Å². The number of methoxy groups -OCH3 is 1. The lowest BCUT2D eigenvalue weighted by molar-refractivity contribution is -0.202. The Balaban J connectivity index is 2.42. The van der Waals surface area contributed by atoms with Crippen LogP contribution in [-0.4, -0.2) is 24.6 Å². The summed E-state index contributed by atoms with van der Waals surface area (Å²) in [4.78, 5) is 23.7. The van der Waals surface area contributed by atoms with E-state index in [1.165, 1.54) is 20.5 Å². The lowest BCUT2D eigenvalue weighted by atomic mass is 9.45. The highest BCUT2D eigenvalue weighted by molar-refractivity contribution is 5.70. The summed E-state index contributed by atoms with van der Waals surface area (Å²) >= 11 is 0. The molecule has 2 saturated carbocycles. The van der Waals surface area contributed by atoms with Crippen molar-refractivity contribution in [1.82, 2.24) is 0 Å². The molecule has 2 rings (SSSR count). The normalized spacial score (nSPS) is 39.2. The molecule has 0 spiro atoms. The van der Waals surface area contributed by atoms with E-state index in [4.69, 9.17) is 9.47 Å². The zero-order valence-corrected chi connectivity index (χ0v) is 15.5. The van der Waals surface area contributed by atoms with Crippen LogP contribution in [-0.2, 0) is 19.1 Å². The van der Waals surface area contributed by atoms with E-state index < -0.39 is 5.60 Å². The molecule has 132 valence electrons. The number of fused-ring (bicyclic) bond motifs is 1. The van der Waals surface area contributed by atoms with Gasteiger partial charge in [-0.2, -0.15) is 0 Å². The highest BCUT2D eigenvalue weighted by Gasteiger charge is 2.60. The van der Waals surface area contributed by atoms with E-state index >= 15 is 0 Å². The molecule has 0 aromatic carbocycles. The van der Waals surface area contributed by atoms with Crippen molar-refractivity contribution in [3.05, 3.63) is 0 Å². The number of carbonyl (C=O) groups excluding carboxylic acids is 2. The van der Waals surface area contributed by atoms with Crippen LogP contribution < -0.4 is 0 Å². The van der Waals surface area contributed by atoms with Gasteiger partial charge < -0.3 is 9.47 Å². The molecule has 0 aromatic heterocycles. The summed E-state index contributed by atoms with van der Waals surface area (Å²) in [6.45, 7) is 10.5. The van der Waals surface area contributed by atoms with Gasteiger partial charge in [0.15, 0.2) is 0 Å². The summed E-state index contributed by atoms with van der Waals surface area (Å²) in [5, 5.41) is 0. The number of hydrogen-bond acceptors (Lipinski definition) is 4. The second-order valence-electron chi connectivity index (χ2n) is 8.68. The molecule has 0 unspecified atom stereocenters. The SMILES string of the molecule is COC(=O)C[C@@H]1[C@@]2(C)CCCC(C)(C)[C@@H]2CC[C@@]1(C)OC(C)=O. The maximum absolute atomic E-state index is 12.1. The molecule has 2 aliphatic rings. The number of ether oxygens (including phenoxy) is 2. The summed E-state index contributed by atoms with van der Waals surface area (Å²) in [7, 11) is 1.43. The fraction of sp³-hybridized carbons (Fsp3) is 0.895. The number of esters is 2. The van der Waals surface area contributed by atoms with Gasteiger partial charge in [-0.15, -0.1) is 0 Å². The van der Waals surface area contributed by atoms with Crippen molar-refractivity contribution in [3.8, 4) is 0 Å². The third-order valence-corrected chi connectivity index (χ3v) is 6.71. The second kappa shape index (κ2) is 6.10. The Labute approximate surface area is 140 Å². The Morgan fingerprint density at radius 3 is 2.30 bits per heavy atom. The van der Waals surface area contributed by atoms with Crippen LogP contribution in [0.25, 0.3) is 0 Å². The van der Waals surface area contributed by atoms with Crippen molar-refractivity contribution in [2.24, 2.45) is 22.7 Å². The third-order valence-electron chi connectivity index (χ3n) is 6.71. The molecule has 4 atom stereocenters. The number of rotatable bonds is 3. The van der Waals surface area contributed by atoms with E-state index in [0.717, 1.165) is 25.7 Å². The third kappa shape index (κ3) is 3.27. The maximum Gasteiger partial charge on any atom is 0.305 e. The topological polar surface area (TPSA) is 52.6 Å². The minimum Gasteiger partial charge on any atom is -0.469 e. The average molecular weight is 324 g/mol. The molecule has 4 heteroatoms. The largest absolute Gasteiger partial charge is 0.469 e. The fourth-order valence-corrected chi connectivity index (χ4v) is 5.76. The Morgan fingerprint density at radius 2 is 1.74 bits per heavy atom. The quantitative estimate of drug-likeness (QED) is 0.733. The molecule has 2 fully saturated rings. The van der Waals surface area contributed by atoms with Crippen LogP contribution in [0.3, 0.4) is 0 Å². The van der Waals surface area contributed by atoms with Gasteiger partial charge in [-0.1, -0.05) is 27.2 Å². The molecule has 0 heterocycles. The van der Waals surface area contributed by atoms with Crippen molar-refractivity contribution >= 4 is 11.9 Å². The molecular weight excluding hydrogens is 292 g/mol. The summed E-state index contributed by atoms with van der Waals surface area (Å²) in [5.74, 6) is 0.0739. The van der Waals surface area contributed by atoms with Crippen LogP contribution in [0.2, 0.25) is 0 Å². The van der Waals surface area contributed by atoms with E-state index in [-0.39, 0.29) is 28.7 Å². The van der Waals surface area contributed by atoms with Crippen molar-refractivity contribution in [2.45, 2.75) is 78.7 Å². The van der Waals surface area contributed by atoms with Gasteiger partial charge in [0.2, 0.25) is 0 Å². The van der Waals surface area contributed by atoms with Crippen molar-refractivity contribution in [1.29, 1.82) is 0 Å². The lowest BCUT2D eigenvalue weighted by Crippen LogP contribution is -2.59. The van der Waals surface area contributed by atoms with Crippen LogP contribution in [0.5, 0.6) is 0 Å². The number of hydrogen-bond donors (Lipinski definition) is 0. The second-order valence-corrected chi connectivity index (χ2v) is 8.68. The molecular formula is C19H32O4. The average Bonchev–Trinajstić information content (AvgIpc) is 2.41. The minimum atomic E-state index is -0.585. The van der Waals surface area contributed by atoms with E-state index in [9.17, 15) is 9.59 Å². The zero-order valence-electron chi connectivity index (χ0n) is 15.5. The van der Waals surface area contributed by atoms with Crippen LogP contribution in [0.4, 0.5) is 0 Å². The maximum atomic E-state index is 12.1. The van der Waals surface area contributed by atoms with Crippen LogP contribution in [0, 0.1) is 22.7 Å². The van der Waals surface area contributed by atoms with Gasteiger partial charge in [0.1, 0.15) is 5.60 Å². The van der Waals surface area contributed by atoms with Crippen LogP contribution in [0.15, 0.2) is 0 Å². The Morgan fingerprint density at radius 1 is 1.09 bits per heavy atom.